The van der Waals surface area contributed by atoms with Gasteiger partial charge in [-0.15, -0.1) is 0 Å². The van der Waals surface area contributed by atoms with E-state index in [1.54, 1.807) is 21.3 Å². The summed E-state index contributed by atoms with van der Waals surface area (Å²) in [6, 6.07) is 1.78. The molecule has 166 valence electrons. The molecule has 0 fully saturated rings. The number of hydrogen-bond donors (Lipinski definition) is 2. The summed E-state index contributed by atoms with van der Waals surface area (Å²) >= 11 is 8.33. The molecule has 0 aromatic rings. The molecule has 0 bridgehead atoms. The largest absolute Gasteiger partial charge is 0.500 e. The zero-order chi connectivity index (χ0) is 21.0. The molecule has 0 spiro atoms. The van der Waals surface area contributed by atoms with Gasteiger partial charge in [0.05, 0.1) is 0 Å². The first-order valence-electron chi connectivity index (χ1n) is 9.78. The maximum absolute atomic E-state index is 5.73. The van der Waals surface area contributed by atoms with Gasteiger partial charge in [-0.25, -0.2) is 0 Å². The molecule has 0 radical (unpaired) electrons. The van der Waals surface area contributed by atoms with Crippen molar-refractivity contribution in [3.8, 4) is 0 Å². The standard InChI is InChI=1S/C10H24O3SSi.C7H18O3SSi/c1-4-11-15(12-5-2,13-6-3)10-8-7-9-14;1-8-12(9-2,10-3)7-5-4-6-11/h14H,4-10H2,1-3H3;11H,4-7H2,1-3H3. The molecular weight excluding hydrogens is 420 g/mol. The van der Waals surface area contributed by atoms with Gasteiger partial charge in [0.2, 0.25) is 0 Å². The Kier molecular flexibility index (Phi) is 22.5. The summed E-state index contributed by atoms with van der Waals surface area (Å²) < 4.78 is 32.9. The van der Waals surface area contributed by atoms with Crippen LogP contribution in [-0.2, 0) is 26.6 Å². The molecule has 0 unspecified atom stereocenters. The van der Waals surface area contributed by atoms with Crippen LogP contribution in [0.1, 0.15) is 46.5 Å². The van der Waals surface area contributed by atoms with Gasteiger partial charge in [0, 0.05) is 53.2 Å². The highest BCUT2D eigenvalue weighted by atomic mass is 32.1. The molecule has 27 heavy (non-hydrogen) atoms. The first-order chi connectivity index (χ1) is 13.0. The number of thiol groups is 2. The quantitative estimate of drug-likeness (QED) is 0.191. The predicted octanol–water partition coefficient (Wildman–Crippen LogP) is 4.32. The van der Waals surface area contributed by atoms with Crippen molar-refractivity contribution in [3.05, 3.63) is 0 Å². The Balaban J connectivity index is 0. The van der Waals surface area contributed by atoms with Crippen LogP contribution in [-0.4, -0.2) is 70.3 Å². The SMILES string of the molecule is CCO[Si](CCCCS)(OCC)OCC.CO[Si](CCCCS)(OC)OC. The van der Waals surface area contributed by atoms with Gasteiger partial charge in [-0.1, -0.05) is 0 Å². The zero-order valence-corrected chi connectivity index (χ0v) is 21.9. The smallest absolute Gasteiger partial charge is 0.377 e. The highest BCUT2D eigenvalue weighted by molar-refractivity contribution is 7.80. The Labute approximate surface area is 180 Å². The molecule has 0 atom stereocenters. The lowest BCUT2D eigenvalue weighted by Crippen LogP contribution is -2.45. The zero-order valence-electron chi connectivity index (χ0n) is 18.1. The van der Waals surface area contributed by atoms with Crippen LogP contribution in [0.25, 0.3) is 0 Å². The summed E-state index contributed by atoms with van der Waals surface area (Å²) in [6.45, 7) is 7.93. The minimum Gasteiger partial charge on any atom is -0.377 e. The fraction of sp³-hybridized carbons (Fsp3) is 1.00. The maximum Gasteiger partial charge on any atom is 0.500 e. The first kappa shape index (κ1) is 30.1. The second-order valence-corrected chi connectivity index (χ2v) is 12.4. The topological polar surface area (TPSA) is 55.4 Å². The molecule has 0 heterocycles. The number of rotatable bonds is 17. The van der Waals surface area contributed by atoms with Crippen LogP contribution in [0.15, 0.2) is 0 Å². The van der Waals surface area contributed by atoms with Gasteiger partial charge in [0.1, 0.15) is 0 Å². The van der Waals surface area contributed by atoms with Gasteiger partial charge in [-0.3, -0.25) is 0 Å². The van der Waals surface area contributed by atoms with Crippen molar-refractivity contribution in [2.75, 3.05) is 52.7 Å². The van der Waals surface area contributed by atoms with E-state index in [0.29, 0.717) is 19.8 Å². The van der Waals surface area contributed by atoms with E-state index in [2.05, 4.69) is 25.3 Å². The van der Waals surface area contributed by atoms with Crippen LogP contribution < -0.4 is 0 Å². The Morgan fingerprint density at radius 1 is 0.556 bits per heavy atom. The van der Waals surface area contributed by atoms with Crippen molar-refractivity contribution < 1.29 is 26.6 Å². The summed E-state index contributed by atoms with van der Waals surface area (Å²) in [7, 11) is 0.261. The van der Waals surface area contributed by atoms with E-state index >= 15 is 0 Å². The highest BCUT2D eigenvalue weighted by Gasteiger charge is 2.39. The Morgan fingerprint density at radius 3 is 1.15 bits per heavy atom. The Bertz CT molecular complexity index is 288. The maximum atomic E-state index is 5.73. The molecule has 0 aromatic carbocycles. The molecule has 0 amide bonds. The third-order valence-corrected chi connectivity index (χ3v) is 10.4. The highest BCUT2D eigenvalue weighted by Crippen LogP contribution is 2.19. The van der Waals surface area contributed by atoms with E-state index in [1.807, 2.05) is 20.8 Å². The summed E-state index contributed by atoms with van der Waals surface area (Å²) in [4.78, 5) is 0. The van der Waals surface area contributed by atoms with Gasteiger partial charge in [-0.05, 0) is 58.0 Å². The molecule has 0 aliphatic carbocycles. The molecule has 0 rings (SSSR count). The molecule has 0 aliphatic rings. The normalized spacial score (nSPS) is 12.0. The lowest BCUT2D eigenvalue weighted by Gasteiger charge is -2.28. The number of unbranched alkanes of at least 4 members (excludes halogenated alkanes) is 2. The molecule has 0 N–H and O–H groups in total. The Morgan fingerprint density at radius 2 is 0.889 bits per heavy atom. The average molecular weight is 463 g/mol. The van der Waals surface area contributed by atoms with E-state index < -0.39 is 17.6 Å². The molecule has 6 nitrogen and oxygen atoms in total. The van der Waals surface area contributed by atoms with E-state index in [0.717, 1.165) is 49.3 Å². The van der Waals surface area contributed by atoms with E-state index in [9.17, 15) is 0 Å². The Hall–Kier alpha value is 0.894. The van der Waals surface area contributed by atoms with Crippen molar-refractivity contribution in [2.24, 2.45) is 0 Å². The van der Waals surface area contributed by atoms with Crippen molar-refractivity contribution in [2.45, 2.75) is 58.5 Å². The second-order valence-electron chi connectivity index (χ2n) is 5.64. The van der Waals surface area contributed by atoms with Crippen molar-refractivity contribution >= 4 is 42.9 Å². The summed E-state index contributed by atoms with van der Waals surface area (Å²) in [5, 5.41) is 0. The minimum atomic E-state index is -2.37. The van der Waals surface area contributed by atoms with Gasteiger partial charge in [-0.2, -0.15) is 25.3 Å². The molecule has 0 saturated carbocycles. The number of hydrogen-bond acceptors (Lipinski definition) is 8. The molecular formula is C17H42O6S2Si2. The first-order valence-corrected chi connectivity index (χ1v) is 14.9. The van der Waals surface area contributed by atoms with Crippen LogP contribution in [0.4, 0.5) is 0 Å². The average Bonchev–Trinajstić information content (AvgIpc) is 2.67. The van der Waals surface area contributed by atoms with E-state index in [-0.39, 0.29) is 0 Å². The molecule has 0 saturated heterocycles. The fourth-order valence-corrected chi connectivity index (χ4v) is 7.39. The van der Waals surface area contributed by atoms with Crippen LogP contribution in [0.5, 0.6) is 0 Å². The summed E-state index contributed by atoms with van der Waals surface area (Å²) in [6.07, 6.45) is 4.28. The van der Waals surface area contributed by atoms with Crippen LogP contribution in [0.3, 0.4) is 0 Å². The van der Waals surface area contributed by atoms with Gasteiger partial charge < -0.3 is 26.6 Å². The predicted molar refractivity (Wildman–Crippen MR) is 123 cm³/mol. The lowest BCUT2D eigenvalue weighted by atomic mass is 10.4. The molecule has 10 heteroatoms. The van der Waals surface area contributed by atoms with Gasteiger partial charge in [0.25, 0.3) is 0 Å². The van der Waals surface area contributed by atoms with Crippen molar-refractivity contribution in [1.29, 1.82) is 0 Å². The molecule has 0 aliphatic heterocycles. The van der Waals surface area contributed by atoms with E-state index in [4.69, 9.17) is 26.6 Å². The van der Waals surface area contributed by atoms with Crippen LogP contribution >= 0.6 is 25.3 Å². The third-order valence-electron chi connectivity index (χ3n) is 3.81. The summed E-state index contributed by atoms with van der Waals surface area (Å²) in [5.41, 5.74) is 0. The fourth-order valence-electron chi connectivity index (χ4n) is 2.46. The second kappa shape index (κ2) is 20.2. The van der Waals surface area contributed by atoms with Crippen molar-refractivity contribution in [1.82, 2.24) is 0 Å². The minimum absolute atomic E-state index is 0.660. The van der Waals surface area contributed by atoms with E-state index in [1.165, 1.54) is 0 Å². The van der Waals surface area contributed by atoms with Crippen LogP contribution in [0, 0.1) is 0 Å². The monoisotopic (exact) mass is 462 g/mol. The van der Waals surface area contributed by atoms with Crippen LogP contribution in [0.2, 0.25) is 12.1 Å². The third kappa shape index (κ3) is 14.5. The van der Waals surface area contributed by atoms with Crippen molar-refractivity contribution in [3.63, 3.8) is 0 Å². The van der Waals surface area contributed by atoms with Gasteiger partial charge >= 0.3 is 17.6 Å². The summed E-state index contributed by atoms with van der Waals surface area (Å²) in [5.74, 6) is 1.82. The lowest BCUT2D eigenvalue weighted by molar-refractivity contribution is 0.0708. The van der Waals surface area contributed by atoms with Gasteiger partial charge in [0.15, 0.2) is 0 Å². The molecule has 0 aromatic heterocycles.